The molecule has 0 aliphatic heterocycles. The molecule has 1 aromatic heterocycles. The van der Waals surface area contributed by atoms with E-state index in [2.05, 4.69) is 10.6 Å². The topological polar surface area (TPSA) is 54.3 Å². The van der Waals surface area contributed by atoms with Gasteiger partial charge in [-0.2, -0.15) is 0 Å². The molecule has 27 heavy (non-hydrogen) atoms. The number of hydrogen-bond donors (Lipinski definition) is 2. The quantitative estimate of drug-likeness (QED) is 0.592. The Hall–Kier alpha value is -2.98. The van der Waals surface area contributed by atoms with Crippen LogP contribution in [-0.2, 0) is 0 Å². The van der Waals surface area contributed by atoms with Crippen molar-refractivity contribution in [3.05, 3.63) is 94.5 Å². The molecule has 3 rings (SSSR count). The van der Waals surface area contributed by atoms with Gasteiger partial charge in [-0.1, -0.05) is 41.4 Å². The Labute approximate surface area is 163 Å². The maximum absolute atomic E-state index is 12.7. The number of amides is 1. The van der Waals surface area contributed by atoms with E-state index in [0.29, 0.717) is 22.0 Å². The third kappa shape index (κ3) is 5.02. The van der Waals surface area contributed by atoms with Gasteiger partial charge < -0.3 is 15.1 Å². The first kappa shape index (κ1) is 18.8. The minimum absolute atomic E-state index is 0.163. The van der Waals surface area contributed by atoms with E-state index in [4.69, 9.17) is 16.0 Å². The Morgan fingerprint density at radius 1 is 1.07 bits per heavy atom. The van der Waals surface area contributed by atoms with Crippen LogP contribution in [0.25, 0.3) is 6.08 Å². The number of anilines is 1. The highest BCUT2D eigenvalue weighted by Crippen LogP contribution is 2.18. The normalized spacial score (nSPS) is 12.5. The minimum atomic E-state index is -0.268. The van der Waals surface area contributed by atoms with Crippen molar-refractivity contribution in [2.75, 3.05) is 5.32 Å². The Morgan fingerprint density at radius 2 is 1.81 bits per heavy atom. The van der Waals surface area contributed by atoms with Crippen LogP contribution in [-0.4, -0.2) is 11.9 Å². The van der Waals surface area contributed by atoms with Crippen molar-refractivity contribution in [1.29, 1.82) is 0 Å². The van der Waals surface area contributed by atoms with Gasteiger partial charge in [0, 0.05) is 17.5 Å². The molecular weight excluding hydrogens is 360 g/mol. The lowest BCUT2D eigenvalue weighted by Gasteiger charge is -2.20. The summed E-state index contributed by atoms with van der Waals surface area (Å²) in [7, 11) is 0. The van der Waals surface area contributed by atoms with Crippen LogP contribution >= 0.6 is 11.6 Å². The van der Waals surface area contributed by atoms with Crippen LogP contribution in [0.5, 0.6) is 0 Å². The SMILES string of the molecule is Cc1ccc(NC(C)/C(=C\c2ccco2)NC(=O)c2ccccc2Cl)cc1. The van der Waals surface area contributed by atoms with Gasteiger partial charge in [0.25, 0.3) is 5.91 Å². The summed E-state index contributed by atoms with van der Waals surface area (Å²) in [6, 6.07) is 18.5. The summed E-state index contributed by atoms with van der Waals surface area (Å²) in [5.74, 6) is 0.387. The van der Waals surface area contributed by atoms with E-state index in [1.165, 1.54) is 5.56 Å². The first-order valence-corrected chi connectivity index (χ1v) is 9.05. The van der Waals surface area contributed by atoms with Gasteiger partial charge in [0.2, 0.25) is 0 Å². The molecule has 0 bridgehead atoms. The molecule has 0 saturated carbocycles. The molecule has 0 saturated heterocycles. The van der Waals surface area contributed by atoms with E-state index in [0.717, 1.165) is 5.69 Å². The number of nitrogens with one attached hydrogen (secondary N) is 2. The maximum Gasteiger partial charge on any atom is 0.256 e. The van der Waals surface area contributed by atoms with Gasteiger partial charge in [-0.25, -0.2) is 0 Å². The molecular formula is C22H21ClN2O2. The zero-order valence-electron chi connectivity index (χ0n) is 15.2. The second-order valence-corrected chi connectivity index (χ2v) is 6.69. The third-order valence-corrected chi connectivity index (χ3v) is 4.45. The first-order valence-electron chi connectivity index (χ1n) is 8.67. The number of aryl methyl sites for hydroxylation is 1. The molecule has 0 spiro atoms. The highest BCUT2D eigenvalue weighted by molar-refractivity contribution is 6.33. The first-order chi connectivity index (χ1) is 13.0. The van der Waals surface area contributed by atoms with Gasteiger partial charge >= 0.3 is 0 Å². The number of rotatable bonds is 6. The minimum Gasteiger partial charge on any atom is -0.465 e. The zero-order valence-corrected chi connectivity index (χ0v) is 16.0. The van der Waals surface area contributed by atoms with Gasteiger partial charge in [-0.05, 0) is 50.2 Å². The standard InChI is InChI=1S/C22H21ClN2O2/c1-15-9-11-17(12-10-15)24-16(2)21(14-18-6-5-13-27-18)25-22(26)19-7-3-4-8-20(19)23/h3-14,16,24H,1-2H3,(H,25,26)/b21-14+. The average Bonchev–Trinajstić information content (AvgIpc) is 3.16. The van der Waals surface area contributed by atoms with E-state index in [1.807, 2.05) is 44.2 Å². The van der Waals surface area contributed by atoms with Crippen LogP contribution in [0, 0.1) is 6.92 Å². The molecule has 0 aliphatic carbocycles. The zero-order chi connectivity index (χ0) is 19.2. The van der Waals surface area contributed by atoms with Gasteiger partial charge in [0.15, 0.2) is 0 Å². The average molecular weight is 381 g/mol. The molecule has 0 fully saturated rings. The molecule has 2 N–H and O–H groups in total. The fourth-order valence-electron chi connectivity index (χ4n) is 2.62. The summed E-state index contributed by atoms with van der Waals surface area (Å²) in [5.41, 5.74) is 3.25. The number of carbonyl (C=O) groups excluding carboxylic acids is 1. The van der Waals surface area contributed by atoms with Crippen molar-refractivity contribution in [1.82, 2.24) is 5.32 Å². The molecule has 0 aliphatic rings. The molecule has 0 radical (unpaired) electrons. The summed E-state index contributed by atoms with van der Waals surface area (Å²) >= 11 is 6.16. The summed E-state index contributed by atoms with van der Waals surface area (Å²) in [6.45, 7) is 4.01. The summed E-state index contributed by atoms with van der Waals surface area (Å²) < 4.78 is 5.41. The molecule has 3 aromatic rings. The molecule has 1 amide bonds. The maximum atomic E-state index is 12.7. The Bertz CT molecular complexity index is 931. The smallest absolute Gasteiger partial charge is 0.256 e. The van der Waals surface area contributed by atoms with Crippen molar-refractivity contribution in [3.63, 3.8) is 0 Å². The summed E-state index contributed by atoms with van der Waals surface area (Å²) in [5, 5.41) is 6.76. The van der Waals surface area contributed by atoms with Crippen LogP contribution in [0.4, 0.5) is 5.69 Å². The molecule has 1 atom stereocenters. The van der Waals surface area contributed by atoms with Crippen molar-refractivity contribution in [2.24, 2.45) is 0 Å². The lowest BCUT2D eigenvalue weighted by molar-refractivity contribution is 0.0964. The fraction of sp³-hybridized carbons (Fsp3) is 0.136. The largest absolute Gasteiger partial charge is 0.465 e. The van der Waals surface area contributed by atoms with Crippen LogP contribution in [0.2, 0.25) is 5.02 Å². The number of carbonyl (C=O) groups is 1. The second kappa shape index (κ2) is 8.60. The van der Waals surface area contributed by atoms with Crippen LogP contribution in [0.1, 0.15) is 28.6 Å². The number of halogens is 1. The predicted molar refractivity (Wildman–Crippen MR) is 110 cm³/mol. The van der Waals surface area contributed by atoms with Gasteiger partial charge in [0.05, 0.1) is 22.9 Å². The molecule has 138 valence electrons. The third-order valence-electron chi connectivity index (χ3n) is 4.12. The Balaban J connectivity index is 1.83. The van der Waals surface area contributed by atoms with Crippen LogP contribution in [0.3, 0.4) is 0 Å². The van der Waals surface area contributed by atoms with E-state index in [9.17, 15) is 4.79 Å². The number of furan rings is 1. The fourth-order valence-corrected chi connectivity index (χ4v) is 2.84. The number of benzene rings is 2. The van der Waals surface area contributed by atoms with Gasteiger partial charge in [0.1, 0.15) is 5.76 Å². The highest BCUT2D eigenvalue weighted by Gasteiger charge is 2.16. The molecule has 1 unspecified atom stereocenters. The molecule has 4 nitrogen and oxygen atoms in total. The van der Waals surface area contributed by atoms with Crippen molar-refractivity contribution < 1.29 is 9.21 Å². The highest BCUT2D eigenvalue weighted by atomic mass is 35.5. The van der Waals surface area contributed by atoms with Gasteiger partial charge in [-0.3, -0.25) is 4.79 Å². The van der Waals surface area contributed by atoms with Crippen molar-refractivity contribution in [3.8, 4) is 0 Å². The molecule has 1 heterocycles. The van der Waals surface area contributed by atoms with Crippen LogP contribution in [0.15, 0.2) is 77.0 Å². The van der Waals surface area contributed by atoms with Gasteiger partial charge in [-0.15, -0.1) is 0 Å². The monoisotopic (exact) mass is 380 g/mol. The molecule has 5 heteroatoms. The summed E-state index contributed by atoms with van der Waals surface area (Å²) in [6.07, 6.45) is 3.40. The van der Waals surface area contributed by atoms with E-state index in [-0.39, 0.29) is 11.9 Å². The van der Waals surface area contributed by atoms with Crippen molar-refractivity contribution in [2.45, 2.75) is 19.9 Å². The van der Waals surface area contributed by atoms with Crippen molar-refractivity contribution >= 4 is 29.3 Å². The van der Waals surface area contributed by atoms with Crippen LogP contribution < -0.4 is 10.6 Å². The van der Waals surface area contributed by atoms with E-state index >= 15 is 0 Å². The molecule has 2 aromatic carbocycles. The Morgan fingerprint density at radius 3 is 2.48 bits per heavy atom. The predicted octanol–water partition coefficient (Wildman–Crippen LogP) is 5.51. The lowest BCUT2D eigenvalue weighted by atomic mass is 10.1. The van der Waals surface area contributed by atoms with E-state index in [1.54, 1.807) is 42.7 Å². The number of hydrogen-bond acceptors (Lipinski definition) is 3. The lowest BCUT2D eigenvalue weighted by Crippen LogP contribution is -2.32. The summed E-state index contributed by atoms with van der Waals surface area (Å²) in [4.78, 5) is 12.7. The Kier molecular flexibility index (Phi) is 5.99. The second-order valence-electron chi connectivity index (χ2n) is 6.28. The van der Waals surface area contributed by atoms with E-state index < -0.39 is 0 Å².